The predicted octanol–water partition coefficient (Wildman–Crippen LogP) is 3.87. The molecule has 3 aliphatic rings. The lowest BCUT2D eigenvalue weighted by atomic mass is 9.40. The largest absolute Gasteiger partial charge is 0.490 e. The number of hydrogen-bond acceptors (Lipinski definition) is 7. The van der Waals surface area contributed by atoms with Crippen LogP contribution in [0.15, 0.2) is 30.6 Å². The lowest BCUT2D eigenvalue weighted by molar-refractivity contribution is -0.258. The molecule has 3 fully saturated rings. The minimum Gasteiger partial charge on any atom is -0.475 e. The number of benzene rings is 1. The van der Waals surface area contributed by atoms with Crippen molar-refractivity contribution in [2.75, 3.05) is 5.73 Å². The number of aliphatic carboxylic acids is 1. The van der Waals surface area contributed by atoms with Gasteiger partial charge in [0.25, 0.3) is 5.91 Å². The van der Waals surface area contributed by atoms with Gasteiger partial charge < -0.3 is 21.3 Å². The average Bonchev–Trinajstić information content (AvgIpc) is 3.24. The first-order valence-corrected chi connectivity index (χ1v) is 11.8. The molecule has 41 heavy (non-hydrogen) atoms. The van der Waals surface area contributed by atoms with Crippen LogP contribution in [0.2, 0.25) is 0 Å². The number of halogens is 6. The van der Waals surface area contributed by atoms with Crippen LogP contribution in [-0.2, 0) is 10.4 Å². The molecule has 218 valence electrons. The molecule has 16 heteroatoms. The Labute approximate surface area is 227 Å². The number of carbonyl (C=O) groups is 2. The molecule has 3 aliphatic carbocycles. The Hall–Kier alpha value is -4.39. The van der Waals surface area contributed by atoms with Crippen molar-refractivity contribution in [3.63, 3.8) is 0 Å². The van der Waals surface area contributed by atoms with Crippen molar-refractivity contribution in [3.8, 4) is 17.3 Å². The smallest absolute Gasteiger partial charge is 0.475 e. The number of aryl methyl sites for hydroxylation is 1. The number of alkyl halides is 6. The summed E-state index contributed by atoms with van der Waals surface area (Å²) in [7, 11) is 0. The Morgan fingerprint density at radius 2 is 1.76 bits per heavy atom. The molecule has 1 aromatic carbocycles. The normalized spacial score (nSPS) is 22.7. The number of imidazole rings is 1. The highest BCUT2D eigenvalue weighted by Gasteiger charge is 2.69. The third-order valence-corrected chi connectivity index (χ3v) is 7.27. The summed E-state index contributed by atoms with van der Waals surface area (Å²) in [5, 5.41) is 29.4. The third kappa shape index (κ3) is 5.12. The number of fused-ring (bicyclic) bond motifs is 1. The van der Waals surface area contributed by atoms with E-state index in [9.17, 15) is 41.5 Å². The highest BCUT2D eigenvalue weighted by atomic mass is 19.4. The first-order chi connectivity index (χ1) is 18.7. The van der Waals surface area contributed by atoms with Crippen molar-refractivity contribution in [1.29, 1.82) is 5.26 Å². The maximum Gasteiger partial charge on any atom is 0.490 e. The van der Waals surface area contributed by atoms with Crippen LogP contribution in [0.4, 0.5) is 32.2 Å². The highest BCUT2D eigenvalue weighted by Crippen LogP contribution is 2.66. The molecular weight excluding hydrogens is 562 g/mol. The van der Waals surface area contributed by atoms with Crippen molar-refractivity contribution < 1.29 is 46.1 Å². The van der Waals surface area contributed by atoms with Crippen LogP contribution in [0.5, 0.6) is 0 Å². The van der Waals surface area contributed by atoms with Gasteiger partial charge in [0.15, 0.2) is 17.1 Å². The van der Waals surface area contributed by atoms with E-state index in [0.717, 1.165) is 0 Å². The number of hydrogen-bond donors (Lipinski definition) is 4. The maximum atomic E-state index is 13.4. The molecule has 0 radical (unpaired) electrons. The molecule has 1 unspecified atom stereocenters. The summed E-state index contributed by atoms with van der Waals surface area (Å²) < 4.78 is 73.5. The lowest BCUT2D eigenvalue weighted by Crippen LogP contribution is -2.74. The molecule has 2 aromatic heterocycles. The standard InChI is InChI=1S/C23H21F3N6O2.C2HF3O2/c1-12-3-4-13(20(2,34)23(24,25)26)5-14(12)16-6-29-18-17(28)30-15(7-32(16)18)19(33)31-22-8-21(9-22,10-22)11-27;3-2(4,5)1(6)7/h3-7,34H,8-10H2,1-2H3,(H2,28,30)(H,31,33);(H,6,7). The minimum atomic E-state index is -5.08. The van der Waals surface area contributed by atoms with Gasteiger partial charge in [-0.1, -0.05) is 12.1 Å². The SMILES string of the molecule is Cc1ccc(C(C)(O)C(F)(F)F)cc1-c1cnc2c(N)nc(C(=O)NC34CC(C#N)(C3)C4)cn12.O=C(O)C(F)(F)F. The Morgan fingerprint density at radius 3 is 2.27 bits per heavy atom. The van der Waals surface area contributed by atoms with Crippen LogP contribution in [0.1, 0.15) is 47.8 Å². The summed E-state index contributed by atoms with van der Waals surface area (Å²) >= 11 is 0. The van der Waals surface area contributed by atoms with Gasteiger partial charge in [-0.25, -0.2) is 14.8 Å². The van der Waals surface area contributed by atoms with E-state index in [1.807, 2.05) is 0 Å². The van der Waals surface area contributed by atoms with Crippen LogP contribution >= 0.6 is 0 Å². The number of carboxylic acids is 1. The molecule has 2 bridgehead atoms. The average molecular weight is 584 g/mol. The van der Waals surface area contributed by atoms with Crippen molar-refractivity contribution in [1.82, 2.24) is 19.7 Å². The summed E-state index contributed by atoms with van der Waals surface area (Å²) in [6, 6.07) is 6.24. The van der Waals surface area contributed by atoms with E-state index in [0.29, 0.717) is 43.0 Å². The van der Waals surface area contributed by atoms with Crippen molar-refractivity contribution in [2.45, 2.75) is 56.6 Å². The van der Waals surface area contributed by atoms with E-state index in [1.165, 1.54) is 35.0 Å². The molecule has 5 N–H and O–H groups in total. The second kappa shape index (κ2) is 9.33. The Morgan fingerprint density at radius 1 is 1.17 bits per heavy atom. The number of nitriles is 1. The number of nitrogens with zero attached hydrogens (tertiary/aromatic N) is 4. The first-order valence-electron chi connectivity index (χ1n) is 11.8. The number of nitrogens with one attached hydrogen (secondary N) is 1. The van der Waals surface area contributed by atoms with Crippen LogP contribution in [0.3, 0.4) is 0 Å². The second-order valence-electron chi connectivity index (χ2n) is 10.4. The molecule has 6 rings (SSSR count). The summed E-state index contributed by atoms with van der Waals surface area (Å²) in [6.45, 7) is 2.41. The van der Waals surface area contributed by atoms with Gasteiger partial charge in [-0.2, -0.15) is 31.6 Å². The highest BCUT2D eigenvalue weighted by molar-refractivity contribution is 5.94. The van der Waals surface area contributed by atoms with Crippen molar-refractivity contribution in [2.24, 2.45) is 5.41 Å². The van der Waals surface area contributed by atoms with E-state index in [4.69, 9.17) is 15.6 Å². The summed E-state index contributed by atoms with van der Waals surface area (Å²) in [5.41, 5.74) is 3.62. The van der Waals surface area contributed by atoms with Gasteiger partial charge in [0, 0.05) is 17.3 Å². The quantitative estimate of drug-likeness (QED) is 0.336. The zero-order valence-corrected chi connectivity index (χ0v) is 21.4. The fourth-order valence-corrected chi connectivity index (χ4v) is 5.03. The Bertz CT molecular complexity index is 1580. The van der Waals surface area contributed by atoms with Gasteiger partial charge in [-0.05, 0) is 50.3 Å². The molecule has 1 atom stereocenters. The molecule has 1 amide bonds. The number of rotatable bonds is 4. The third-order valence-electron chi connectivity index (χ3n) is 7.27. The maximum absolute atomic E-state index is 13.4. The van der Waals surface area contributed by atoms with Gasteiger partial charge in [0.2, 0.25) is 0 Å². The molecule has 0 spiro atoms. The molecule has 0 saturated heterocycles. The summed E-state index contributed by atoms with van der Waals surface area (Å²) in [5.74, 6) is -3.22. The van der Waals surface area contributed by atoms with Gasteiger partial charge in [0.1, 0.15) is 5.69 Å². The van der Waals surface area contributed by atoms with Gasteiger partial charge in [-0.15, -0.1) is 0 Å². The van der Waals surface area contributed by atoms with Crippen molar-refractivity contribution >= 4 is 23.3 Å². The van der Waals surface area contributed by atoms with Gasteiger partial charge in [0.05, 0.1) is 23.4 Å². The predicted molar refractivity (Wildman–Crippen MR) is 129 cm³/mol. The number of nitrogens with two attached hydrogens (primary N) is 1. The second-order valence-corrected chi connectivity index (χ2v) is 10.4. The number of nitrogen functional groups attached to an aromatic ring is 1. The lowest BCUT2D eigenvalue weighted by Gasteiger charge is -2.66. The van der Waals surface area contributed by atoms with E-state index < -0.39 is 35.4 Å². The summed E-state index contributed by atoms with van der Waals surface area (Å²) in [4.78, 5) is 30.2. The topological polar surface area (TPSA) is 167 Å². The molecular formula is C25H22F6N6O4. The van der Waals surface area contributed by atoms with E-state index >= 15 is 0 Å². The van der Waals surface area contributed by atoms with Crippen molar-refractivity contribution in [3.05, 3.63) is 47.4 Å². The molecule has 3 saturated carbocycles. The molecule has 3 aromatic rings. The Kier molecular flexibility index (Phi) is 6.73. The number of carbonyl (C=O) groups excluding carboxylic acids is 1. The number of anilines is 1. The number of aliphatic hydroxyl groups is 1. The van der Waals surface area contributed by atoms with Gasteiger partial charge in [-0.3, -0.25) is 9.20 Å². The zero-order chi connectivity index (χ0) is 30.8. The van der Waals surface area contributed by atoms with Crippen LogP contribution in [0, 0.1) is 23.7 Å². The molecule has 10 nitrogen and oxygen atoms in total. The van der Waals surface area contributed by atoms with Crippen LogP contribution in [-0.4, -0.2) is 54.3 Å². The van der Waals surface area contributed by atoms with E-state index in [2.05, 4.69) is 21.4 Å². The zero-order valence-electron chi connectivity index (χ0n) is 21.4. The van der Waals surface area contributed by atoms with E-state index in [1.54, 1.807) is 6.92 Å². The number of amides is 1. The number of carboxylic acid groups (broad SMARTS) is 1. The Balaban J connectivity index is 0.000000493. The fraction of sp³-hybridized carbons (Fsp3) is 0.400. The first kappa shape index (κ1) is 29.6. The molecule has 0 aliphatic heterocycles. The molecule has 2 heterocycles. The van der Waals surface area contributed by atoms with Gasteiger partial charge >= 0.3 is 18.3 Å². The van der Waals surface area contributed by atoms with Crippen LogP contribution < -0.4 is 11.1 Å². The van der Waals surface area contributed by atoms with E-state index in [-0.39, 0.29) is 28.1 Å². The minimum absolute atomic E-state index is 0.0129. The monoisotopic (exact) mass is 584 g/mol. The fourth-order valence-electron chi connectivity index (χ4n) is 5.03. The number of aromatic nitrogens is 3. The van der Waals surface area contributed by atoms with Crippen LogP contribution in [0.25, 0.3) is 16.9 Å². The summed E-state index contributed by atoms with van der Waals surface area (Å²) in [6.07, 6.45) is -5.29.